The van der Waals surface area contributed by atoms with Gasteiger partial charge in [0.15, 0.2) is 5.58 Å². The molecule has 0 fully saturated rings. The molecule has 2 heterocycles. The van der Waals surface area contributed by atoms with Crippen molar-refractivity contribution in [1.82, 2.24) is 25.6 Å². The monoisotopic (exact) mass is 331 g/mol. The molecular formula is C14H7Cl2N5O. The maximum Gasteiger partial charge on any atom is 0.230 e. The van der Waals surface area contributed by atoms with Crippen molar-refractivity contribution in [3.05, 3.63) is 46.4 Å². The van der Waals surface area contributed by atoms with Crippen LogP contribution in [0.4, 0.5) is 0 Å². The van der Waals surface area contributed by atoms with E-state index in [4.69, 9.17) is 27.6 Å². The molecule has 6 nitrogen and oxygen atoms in total. The van der Waals surface area contributed by atoms with E-state index in [1.165, 1.54) is 0 Å². The number of aromatic nitrogens is 5. The largest absolute Gasteiger partial charge is 0.436 e. The highest BCUT2D eigenvalue weighted by Crippen LogP contribution is 2.36. The molecule has 4 aromatic rings. The van der Waals surface area contributed by atoms with E-state index in [1.54, 1.807) is 24.3 Å². The van der Waals surface area contributed by atoms with Crippen LogP contribution >= 0.6 is 23.2 Å². The van der Waals surface area contributed by atoms with Crippen molar-refractivity contribution in [3.8, 4) is 22.8 Å². The Labute approximate surface area is 134 Å². The Hall–Kier alpha value is -2.44. The minimum Gasteiger partial charge on any atom is -0.436 e. The summed E-state index contributed by atoms with van der Waals surface area (Å²) in [7, 11) is 0. The highest BCUT2D eigenvalue weighted by Gasteiger charge is 2.16. The summed E-state index contributed by atoms with van der Waals surface area (Å²) in [5, 5.41) is 14.8. The second kappa shape index (κ2) is 5.08. The first-order chi connectivity index (χ1) is 10.7. The number of oxazole rings is 1. The first kappa shape index (κ1) is 13.2. The number of fused-ring (bicyclic) bond motifs is 1. The highest BCUT2D eigenvalue weighted by atomic mass is 35.5. The standard InChI is InChI=1S/C14H7Cl2N5O/c15-8-2-1-3-9(16)12(8)14-17-10-6-7(4-5-11(10)22-14)13-18-20-21-19-13/h1-6H,(H,18,19,20,21). The fraction of sp³-hybridized carbons (Fsp3) is 0. The second-order valence-corrected chi connectivity index (χ2v) is 5.35. The summed E-state index contributed by atoms with van der Waals surface area (Å²) in [5.41, 5.74) is 2.64. The van der Waals surface area contributed by atoms with Gasteiger partial charge >= 0.3 is 0 Å². The third-order valence-electron chi connectivity index (χ3n) is 3.17. The quantitative estimate of drug-likeness (QED) is 0.600. The van der Waals surface area contributed by atoms with Crippen LogP contribution in [0.15, 0.2) is 40.8 Å². The molecule has 22 heavy (non-hydrogen) atoms. The number of rotatable bonds is 2. The van der Waals surface area contributed by atoms with Gasteiger partial charge in [-0.15, -0.1) is 10.2 Å². The summed E-state index contributed by atoms with van der Waals surface area (Å²) in [4.78, 5) is 4.45. The molecule has 0 saturated carbocycles. The molecule has 2 aromatic heterocycles. The van der Waals surface area contributed by atoms with Crippen molar-refractivity contribution in [3.63, 3.8) is 0 Å². The summed E-state index contributed by atoms with van der Waals surface area (Å²) in [6.07, 6.45) is 0. The van der Waals surface area contributed by atoms with Crippen LogP contribution in [0.1, 0.15) is 0 Å². The average Bonchev–Trinajstić information content (AvgIpc) is 3.15. The molecule has 2 aromatic carbocycles. The Morgan fingerprint density at radius 3 is 2.59 bits per heavy atom. The lowest BCUT2D eigenvalue weighted by Gasteiger charge is -2.01. The van der Waals surface area contributed by atoms with Crippen molar-refractivity contribution in [2.75, 3.05) is 0 Å². The van der Waals surface area contributed by atoms with Gasteiger partial charge in [-0.1, -0.05) is 29.3 Å². The average molecular weight is 332 g/mol. The smallest absolute Gasteiger partial charge is 0.230 e. The van der Waals surface area contributed by atoms with Gasteiger partial charge in [-0.05, 0) is 35.5 Å². The Bertz CT molecular complexity index is 944. The van der Waals surface area contributed by atoms with Crippen molar-refractivity contribution >= 4 is 34.3 Å². The van der Waals surface area contributed by atoms with Crippen LogP contribution in [0.25, 0.3) is 33.9 Å². The number of nitrogens with zero attached hydrogens (tertiary/aromatic N) is 4. The molecule has 0 aliphatic heterocycles. The third-order valence-corrected chi connectivity index (χ3v) is 3.80. The first-order valence-corrected chi connectivity index (χ1v) is 7.07. The molecule has 0 atom stereocenters. The third kappa shape index (κ3) is 2.13. The van der Waals surface area contributed by atoms with Crippen LogP contribution in [-0.4, -0.2) is 25.6 Å². The second-order valence-electron chi connectivity index (χ2n) is 4.53. The van der Waals surface area contributed by atoms with E-state index < -0.39 is 0 Å². The Morgan fingerprint density at radius 1 is 1.05 bits per heavy atom. The van der Waals surface area contributed by atoms with Crippen LogP contribution in [-0.2, 0) is 0 Å². The zero-order valence-electron chi connectivity index (χ0n) is 10.9. The molecule has 1 N–H and O–H groups in total. The Balaban J connectivity index is 1.88. The van der Waals surface area contributed by atoms with Gasteiger partial charge in [0.05, 0.1) is 15.6 Å². The molecule has 108 valence electrons. The molecule has 0 aliphatic carbocycles. The van der Waals surface area contributed by atoms with Crippen LogP contribution in [0.2, 0.25) is 10.0 Å². The fourth-order valence-corrected chi connectivity index (χ4v) is 2.72. The number of H-pyrrole nitrogens is 1. The van der Waals surface area contributed by atoms with Crippen molar-refractivity contribution in [2.45, 2.75) is 0 Å². The van der Waals surface area contributed by atoms with Gasteiger partial charge in [0.1, 0.15) is 5.52 Å². The topological polar surface area (TPSA) is 80.5 Å². The number of tetrazole rings is 1. The van der Waals surface area contributed by atoms with E-state index in [0.29, 0.717) is 38.4 Å². The highest BCUT2D eigenvalue weighted by molar-refractivity contribution is 6.38. The number of halogens is 2. The molecule has 8 heteroatoms. The van der Waals surface area contributed by atoms with Gasteiger partial charge in [-0.25, -0.2) is 4.98 Å². The predicted octanol–water partition coefficient (Wildman–Crippen LogP) is 3.98. The van der Waals surface area contributed by atoms with Crippen molar-refractivity contribution in [2.24, 2.45) is 0 Å². The van der Waals surface area contributed by atoms with E-state index >= 15 is 0 Å². The lowest BCUT2D eigenvalue weighted by atomic mass is 10.2. The van der Waals surface area contributed by atoms with Gasteiger partial charge in [0.2, 0.25) is 11.7 Å². The molecule has 0 saturated heterocycles. The number of hydrogen-bond acceptors (Lipinski definition) is 5. The zero-order valence-corrected chi connectivity index (χ0v) is 12.4. The van der Waals surface area contributed by atoms with Gasteiger partial charge in [0, 0.05) is 5.56 Å². The molecule has 4 rings (SSSR count). The van der Waals surface area contributed by atoms with Gasteiger partial charge in [-0.2, -0.15) is 5.21 Å². The minimum atomic E-state index is 0.371. The van der Waals surface area contributed by atoms with Gasteiger partial charge in [-0.3, -0.25) is 0 Å². The number of nitrogens with one attached hydrogen (secondary N) is 1. The summed E-state index contributed by atoms with van der Waals surface area (Å²) >= 11 is 12.4. The maximum atomic E-state index is 6.19. The predicted molar refractivity (Wildman–Crippen MR) is 82.6 cm³/mol. The molecule has 0 radical (unpaired) electrons. The molecule has 0 spiro atoms. The normalized spacial score (nSPS) is 11.2. The Morgan fingerprint density at radius 2 is 1.86 bits per heavy atom. The molecule has 0 amide bonds. The molecular weight excluding hydrogens is 325 g/mol. The summed E-state index contributed by atoms with van der Waals surface area (Å²) in [6.45, 7) is 0. The zero-order chi connectivity index (χ0) is 15.1. The van der Waals surface area contributed by atoms with Crippen LogP contribution in [0, 0.1) is 0 Å². The SMILES string of the molecule is Clc1cccc(Cl)c1-c1nc2cc(-c3nn[nH]n3)ccc2o1. The van der Waals surface area contributed by atoms with Crippen molar-refractivity contribution in [1.29, 1.82) is 0 Å². The van der Waals surface area contributed by atoms with Crippen molar-refractivity contribution < 1.29 is 4.42 Å². The van der Waals surface area contributed by atoms with Crippen LogP contribution < -0.4 is 0 Å². The summed E-state index contributed by atoms with van der Waals surface area (Å²) in [5.74, 6) is 0.859. The van der Waals surface area contributed by atoms with Crippen LogP contribution in [0.5, 0.6) is 0 Å². The fourth-order valence-electron chi connectivity index (χ4n) is 2.16. The Kier molecular flexibility index (Phi) is 3.06. The number of aromatic amines is 1. The van der Waals surface area contributed by atoms with E-state index in [1.807, 2.05) is 12.1 Å². The minimum absolute atomic E-state index is 0.371. The van der Waals surface area contributed by atoms with Gasteiger partial charge in [0.25, 0.3) is 0 Å². The molecule has 0 aliphatic rings. The number of benzene rings is 2. The molecule has 0 unspecified atom stereocenters. The van der Waals surface area contributed by atoms with E-state index in [9.17, 15) is 0 Å². The summed E-state index contributed by atoms with van der Waals surface area (Å²) < 4.78 is 5.74. The van der Waals surface area contributed by atoms with E-state index in [-0.39, 0.29) is 0 Å². The first-order valence-electron chi connectivity index (χ1n) is 6.31. The van der Waals surface area contributed by atoms with E-state index in [0.717, 1.165) is 5.56 Å². The lowest BCUT2D eigenvalue weighted by Crippen LogP contribution is -1.82. The lowest BCUT2D eigenvalue weighted by molar-refractivity contribution is 0.620. The molecule has 0 bridgehead atoms. The van der Waals surface area contributed by atoms with E-state index in [2.05, 4.69) is 25.6 Å². The maximum absolute atomic E-state index is 6.19. The summed E-state index contributed by atoms with van der Waals surface area (Å²) in [6, 6.07) is 10.7. The van der Waals surface area contributed by atoms with Crippen LogP contribution in [0.3, 0.4) is 0 Å². The number of hydrogen-bond donors (Lipinski definition) is 1. The van der Waals surface area contributed by atoms with Gasteiger partial charge < -0.3 is 4.42 Å².